The van der Waals surface area contributed by atoms with E-state index in [9.17, 15) is 0 Å². The molecule has 21 heavy (non-hydrogen) atoms. The fourth-order valence-electron chi connectivity index (χ4n) is 1.97. The van der Waals surface area contributed by atoms with Gasteiger partial charge in [-0.05, 0) is 24.2 Å². The highest BCUT2D eigenvalue weighted by Crippen LogP contribution is 2.27. The van der Waals surface area contributed by atoms with Crippen LogP contribution in [-0.4, -0.2) is 18.6 Å². The summed E-state index contributed by atoms with van der Waals surface area (Å²) in [5.41, 5.74) is 2.04. The van der Waals surface area contributed by atoms with Crippen LogP contribution in [0.5, 0.6) is 0 Å². The average Bonchev–Trinajstić information content (AvgIpc) is 2.82. The lowest BCUT2D eigenvalue weighted by Crippen LogP contribution is -2.12. The van der Waals surface area contributed by atoms with E-state index in [0.717, 1.165) is 29.4 Å². The van der Waals surface area contributed by atoms with Crippen LogP contribution in [0.4, 0.5) is 0 Å². The molecule has 3 nitrogen and oxygen atoms in total. The lowest BCUT2D eigenvalue weighted by molar-refractivity contribution is 0.181. The molecule has 0 unspecified atom stereocenters. The van der Waals surface area contributed by atoms with Gasteiger partial charge in [0, 0.05) is 35.0 Å². The molecule has 0 fully saturated rings. The first-order chi connectivity index (χ1) is 10.1. The van der Waals surface area contributed by atoms with E-state index in [1.807, 2.05) is 12.1 Å². The van der Waals surface area contributed by atoms with Crippen LogP contribution in [-0.2, 0) is 24.3 Å². The number of nitrogens with zero attached hydrogens (tertiary/aromatic N) is 1. The van der Waals surface area contributed by atoms with Gasteiger partial charge >= 0.3 is 0 Å². The molecule has 0 spiro atoms. The van der Waals surface area contributed by atoms with Crippen molar-refractivity contribution in [1.82, 2.24) is 10.3 Å². The Hall–Kier alpha value is -0.650. The summed E-state index contributed by atoms with van der Waals surface area (Å²) >= 11 is 13.9. The molecule has 1 N–H and O–H groups in total. The monoisotopic (exact) mass is 344 g/mol. The molecule has 0 amide bonds. The topological polar surface area (TPSA) is 34.2 Å². The molecular formula is C15H18Cl2N2OS. The molecule has 0 atom stereocenters. The van der Waals surface area contributed by atoms with Gasteiger partial charge in [-0.2, -0.15) is 0 Å². The van der Waals surface area contributed by atoms with Crippen LogP contribution in [0.3, 0.4) is 0 Å². The highest BCUT2D eigenvalue weighted by Gasteiger charge is 2.12. The molecule has 0 bridgehead atoms. The number of nitrogens with one attached hydrogen (secondary N) is 1. The molecule has 2 rings (SSSR count). The number of ether oxygens (including phenoxy) is 1. The largest absolute Gasteiger partial charge is 0.378 e. The number of hydrogen-bond donors (Lipinski definition) is 1. The van der Waals surface area contributed by atoms with Crippen molar-refractivity contribution in [3.05, 3.63) is 49.4 Å². The van der Waals surface area contributed by atoms with Crippen LogP contribution in [0.2, 0.25) is 10.0 Å². The minimum atomic E-state index is 0.533. The van der Waals surface area contributed by atoms with Crippen LogP contribution < -0.4 is 5.32 Å². The molecule has 2 aromatic rings. The van der Waals surface area contributed by atoms with Crippen molar-refractivity contribution in [3.63, 3.8) is 0 Å². The second-order valence-corrected chi connectivity index (χ2v) is 6.62. The first kappa shape index (κ1) is 16.7. The maximum Gasteiger partial charge on any atom is 0.0977 e. The first-order valence-electron chi connectivity index (χ1n) is 6.75. The molecule has 1 heterocycles. The summed E-state index contributed by atoms with van der Waals surface area (Å²) in [6.45, 7) is 4.38. The summed E-state index contributed by atoms with van der Waals surface area (Å²) in [7, 11) is 1.69. The Kier molecular flexibility index (Phi) is 6.45. The van der Waals surface area contributed by atoms with Crippen LogP contribution in [0, 0.1) is 0 Å². The minimum Gasteiger partial charge on any atom is -0.378 e. The Morgan fingerprint density at radius 3 is 2.81 bits per heavy atom. The molecule has 0 aliphatic carbocycles. The third-order valence-corrected chi connectivity index (χ3v) is 4.68. The quantitative estimate of drug-likeness (QED) is 0.813. The minimum absolute atomic E-state index is 0.533. The summed E-state index contributed by atoms with van der Waals surface area (Å²) in [6.07, 6.45) is 0.712. The zero-order chi connectivity index (χ0) is 15.2. The summed E-state index contributed by atoms with van der Waals surface area (Å²) < 4.78 is 5.22. The Bertz CT molecular complexity index is 601. The van der Waals surface area contributed by atoms with E-state index in [4.69, 9.17) is 27.9 Å². The molecule has 1 aromatic heterocycles. The second-order valence-electron chi connectivity index (χ2n) is 4.60. The summed E-state index contributed by atoms with van der Waals surface area (Å²) in [4.78, 5) is 5.89. The number of thiazole rings is 1. The lowest BCUT2D eigenvalue weighted by Gasteiger charge is -2.02. The molecule has 0 saturated carbocycles. The fourth-order valence-corrected chi connectivity index (χ4v) is 3.51. The molecular weight excluding hydrogens is 327 g/mol. The average molecular weight is 345 g/mol. The van der Waals surface area contributed by atoms with Gasteiger partial charge in [0.2, 0.25) is 0 Å². The molecule has 6 heteroatoms. The van der Waals surface area contributed by atoms with Gasteiger partial charge in [0.1, 0.15) is 0 Å². The number of aromatic nitrogens is 1. The number of rotatable bonds is 7. The van der Waals surface area contributed by atoms with Crippen LogP contribution in [0.1, 0.15) is 28.1 Å². The van der Waals surface area contributed by atoms with Crippen molar-refractivity contribution < 1.29 is 4.74 Å². The van der Waals surface area contributed by atoms with Gasteiger partial charge in [-0.3, -0.25) is 0 Å². The Morgan fingerprint density at radius 1 is 1.33 bits per heavy atom. The highest BCUT2D eigenvalue weighted by atomic mass is 35.5. The fraction of sp³-hybridized carbons (Fsp3) is 0.400. The number of halogens is 2. The second kappa shape index (κ2) is 8.11. The lowest BCUT2D eigenvalue weighted by atomic mass is 10.1. The van der Waals surface area contributed by atoms with Crippen molar-refractivity contribution in [2.24, 2.45) is 0 Å². The summed E-state index contributed by atoms with van der Waals surface area (Å²) in [5.74, 6) is 0. The third kappa shape index (κ3) is 4.66. The Morgan fingerprint density at radius 2 is 2.14 bits per heavy atom. The zero-order valence-corrected chi connectivity index (χ0v) is 14.4. The predicted molar refractivity (Wildman–Crippen MR) is 89.5 cm³/mol. The van der Waals surface area contributed by atoms with Crippen molar-refractivity contribution >= 4 is 34.5 Å². The van der Waals surface area contributed by atoms with E-state index in [-0.39, 0.29) is 0 Å². The maximum absolute atomic E-state index is 6.23. The normalized spacial score (nSPS) is 11.0. The van der Waals surface area contributed by atoms with Crippen molar-refractivity contribution in [2.75, 3.05) is 13.7 Å². The van der Waals surface area contributed by atoms with Gasteiger partial charge in [-0.15, -0.1) is 11.3 Å². The Balaban J connectivity index is 2.19. The number of methoxy groups -OCH3 is 1. The van der Waals surface area contributed by atoms with Crippen LogP contribution in [0.25, 0.3) is 0 Å². The Labute approximate surface area is 139 Å². The molecule has 0 saturated heterocycles. The molecule has 114 valence electrons. The maximum atomic E-state index is 6.23. The molecule has 0 aliphatic rings. The summed E-state index contributed by atoms with van der Waals surface area (Å²) in [6, 6.07) is 5.57. The van der Waals surface area contributed by atoms with E-state index >= 15 is 0 Å². The van der Waals surface area contributed by atoms with E-state index in [0.29, 0.717) is 23.1 Å². The van der Waals surface area contributed by atoms with Gasteiger partial charge in [0.25, 0.3) is 0 Å². The van der Waals surface area contributed by atoms with Gasteiger partial charge in [-0.1, -0.05) is 36.2 Å². The standard InChI is InChI=1S/C15H18Cl2N2OS/c1-3-18-8-14-13(9-20-2)19-15(21-14)6-10-4-5-11(16)7-12(10)17/h4-5,7,18H,3,6,8-9H2,1-2H3. The summed E-state index contributed by atoms with van der Waals surface area (Å²) in [5, 5.41) is 5.70. The van der Waals surface area contributed by atoms with Gasteiger partial charge in [0.15, 0.2) is 0 Å². The predicted octanol–water partition coefficient (Wildman–Crippen LogP) is 4.30. The van der Waals surface area contributed by atoms with Gasteiger partial charge < -0.3 is 10.1 Å². The molecule has 1 aromatic carbocycles. The molecule has 0 aliphatic heterocycles. The van der Waals surface area contributed by atoms with Crippen molar-refractivity contribution in [1.29, 1.82) is 0 Å². The first-order valence-corrected chi connectivity index (χ1v) is 8.32. The van der Waals surface area contributed by atoms with E-state index < -0.39 is 0 Å². The van der Waals surface area contributed by atoms with Gasteiger partial charge in [-0.25, -0.2) is 4.98 Å². The third-order valence-electron chi connectivity index (χ3n) is 3.00. The number of hydrogen-bond acceptors (Lipinski definition) is 4. The van der Waals surface area contributed by atoms with E-state index in [2.05, 4.69) is 17.2 Å². The van der Waals surface area contributed by atoms with Crippen LogP contribution in [0.15, 0.2) is 18.2 Å². The van der Waals surface area contributed by atoms with E-state index in [1.165, 1.54) is 4.88 Å². The molecule has 0 radical (unpaired) electrons. The smallest absolute Gasteiger partial charge is 0.0977 e. The van der Waals surface area contributed by atoms with Crippen molar-refractivity contribution in [2.45, 2.75) is 26.5 Å². The van der Waals surface area contributed by atoms with E-state index in [1.54, 1.807) is 24.5 Å². The van der Waals surface area contributed by atoms with Gasteiger partial charge in [0.05, 0.1) is 17.3 Å². The van der Waals surface area contributed by atoms with Crippen molar-refractivity contribution in [3.8, 4) is 0 Å². The zero-order valence-electron chi connectivity index (χ0n) is 12.1. The van der Waals surface area contributed by atoms with Crippen LogP contribution >= 0.6 is 34.5 Å². The number of benzene rings is 1. The highest BCUT2D eigenvalue weighted by molar-refractivity contribution is 7.11. The SMILES string of the molecule is CCNCc1sc(Cc2ccc(Cl)cc2Cl)nc1COC.